The summed E-state index contributed by atoms with van der Waals surface area (Å²) >= 11 is 0. The van der Waals surface area contributed by atoms with Crippen molar-refractivity contribution < 1.29 is 5.11 Å². The molecule has 2 N–H and O–H groups in total. The molecule has 1 saturated carbocycles. The van der Waals surface area contributed by atoms with Crippen LogP contribution < -0.4 is 5.56 Å². The van der Waals surface area contributed by atoms with E-state index in [-0.39, 0.29) is 29.3 Å². The molecule has 0 atom stereocenters. The van der Waals surface area contributed by atoms with Gasteiger partial charge in [0.1, 0.15) is 17.4 Å². The first-order chi connectivity index (χ1) is 12.1. The number of aromatic nitrogens is 2. The Bertz CT molecular complexity index is 888. The SMILES string of the molecule is CN(C/C(O)=C(\C#N)c1nc2ccccc2c(=O)[nH]1)C1CCCCC1. The van der Waals surface area contributed by atoms with Crippen molar-refractivity contribution in [3.05, 3.63) is 46.2 Å². The predicted octanol–water partition coefficient (Wildman–Crippen LogP) is 2.98. The molecule has 1 heterocycles. The molecule has 130 valence electrons. The van der Waals surface area contributed by atoms with E-state index in [2.05, 4.69) is 14.9 Å². The summed E-state index contributed by atoms with van der Waals surface area (Å²) in [5, 5.41) is 20.4. The van der Waals surface area contributed by atoms with E-state index in [9.17, 15) is 15.2 Å². The zero-order chi connectivity index (χ0) is 17.8. The summed E-state index contributed by atoms with van der Waals surface area (Å²) in [5.41, 5.74) is 0.203. The van der Waals surface area contributed by atoms with Gasteiger partial charge >= 0.3 is 0 Å². The van der Waals surface area contributed by atoms with Crippen molar-refractivity contribution in [1.29, 1.82) is 5.26 Å². The molecule has 6 nitrogen and oxygen atoms in total. The Hall–Kier alpha value is -2.65. The monoisotopic (exact) mass is 338 g/mol. The first-order valence-electron chi connectivity index (χ1n) is 8.62. The normalized spacial score (nSPS) is 16.7. The molecule has 3 rings (SSSR count). The average molecular weight is 338 g/mol. The standard InChI is InChI=1S/C19H22N4O2/c1-23(13-7-3-2-4-8-13)12-17(24)15(11-20)18-21-16-10-6-5-9-14(16)19(25)22-18/h5-6,9-10,13,24H,2-4,7-8,12H2,1H3,(H,21,22,25)/b17-15-. The fourth-order valence-electron chi connectivity index (χ4n) is 3.43. The molecule has 0 bridgehead atoms. The minimum Gasteiger partial charge on any atom is -0.509 e. The summed E-state index contributed by atoms with van der Waals surface area (Å²) in [6, 6.07) is 9.34. The molecule has 2 aromatic rings. The summed E-state index contributed by atoms with van der Waals surface area (Å²) in [4.78, 5) is 21.2. The Kier molecular flexibility index (Phi) is 5.15. The van der Waals surface area contributed by atoms with E-state index < -0.39 is 0 Å². The predicted molar refractivity (Wildman–Crippen MR) is 97.0 cm³/mol. The second kappa shape index (κ2) is 7.49. The Labute approximate surface area is 146 Å². The smallest absolute Gasteiger partial charge is 0.259 e. The van der Waals surface area contributed by atoms with Crippen molar-refractivity contribution in [2.45, 2.75) is 38.1 Å². The quantitative estimate of drug-likeness (QED) is 0.660. The molecule has 1 aliphatic carbocycles. The van der Waals surface area contributed by atoms with Crippen molar-refractivity contribution in [3.63, 3.8) is 0 Å². The van der Waals surface area contributed by atoms with Gasteiger partial charge in [0, 0.05) is 6.04 Å². The van der Waals surface area contributed by atoms with E-state index in [1.807, 2.05) is 13.1 Å². The highest BCUT2D eigenvalue weighted by Crippen LogP contribution is 2.23. The molecular weight excluding hydrogens is 316 g/mol. The van der Waals surface area contributed by atoms with Crippen LogP contribution in [0.5, 0.6) is 0 Å². The number of benzene rings is 1. The number of nitrogens with zero attached hydrogens (tertiary/aromatic N) is 3. The van der Waals surface area contributed by atoms with Crippen molar-refractivity contribution in [1.82, 2.24) is 14.9 Å². The van der Waals surface area contributed by atoms with Crippen LogP contribution in [0.3, 0.4) is 0 Å². The van der Waals surface area contributed by atoms with Crippen LogP contribution >= 0.6 is 0 Å². The third-order valence-corrected chi connectivity index (χ3v) is 4.85. The summed E-state index contributed by atoms with van der Waals surface area (Å²) in [6.07, 6.45) is 5.87. The number of H-pyrrole nitrogens is 1. The zero-order valence-electron chi connectivity index (χ0n) is 14.3. The number of aliphatic hydroxyl groups is 1. The van der Waals surface area contributed by atoms with Crippen LogP contribution in [0.25, 0.3) is 16.5 Å². The van der Waals surface area contributed by atoms with Crippen molar-refractivity contribution in [3.8, 4) is 6.07 Å². The molecule has 0 amide bonds. The summed E-state index contributed by atoms with van der Waals surface area (Å²) in [6.45, 7) is 0.268. The number of rotatable bonds is 4. The molecule has 0 aliphatic heterocycles. The minimum absolute atomic E-state index is 0.0190. The lowest BCUT2D eigenvalue weighted by molar-refractivity contribution is 0.184. The van der Waals surface area contributed by atoms with Gasteiger partial charge in [-0.1, -0.05) is 31.4 Å². The number of nitrogens with one attached hydrogen (secondary N) is 1. The van der Waals surface area contributed by atoms with Crippen molar-refractivity contribution in [2.24, 2.45) is 0 Å². The van der Waals surface area contributed by atoms with Gasteiger partial charge in [-0.3, -0.25) is 9.69 Å². The van der Waals surface area contributed by atoms with Crippen LogP contribution in [-0.4, -0.2) is 39.6 Å². The highest BCUT2D eigenvalue weighted by atomic mass is 16.3. The van der Waals surface area contributed by atoms with Gasteiger partial charge in [0.2, 0.25) is 0 Å². The van der Waals surface area contributed by atoms with Gasteiger partial charge in [0.15, 0.2) is 5.82 Å². The number of hydrogen-bond donors (Lipinski definition) is 2. The van der Waals surface area contributed by atoms with Crippen molar-refractivity contribution in [2.75, 3.05) is 13.6 Å². The van der Waals surface area contributed by atoms with Crippen LogP contribution in [0.15, 0.2) is 34.8 Å². The summed E-state index contributed by atoms with van der Waals surface area (Å²) in [5.74, 6) is 0.0507. The molecule has 25 heavy (non-hydrogen) atoms. The molecule has 1 aromatic heterocycles. The van der Waals surface area contributed by atoms with Gasteiger partial charge in [0.25, 0.3) is 5.56 Å². The number of hydrogen-bond acceptors (Lipinski definition) is 5. The van der Waals surface area contributed by atoms with Crippen molar-refractivity contribution >= 4 is 16.5 Å². The van der Waals surface area contributed by atoms with Gasteiger partial charge in [-0.05, 0) is 32.0 Å². The average Bonchev–Trinajstić information content (AvgIpc) is 2.63. The molecule has 0 saturated heterocycles. The number of likely N-dealkylation sites (N-methyl/N-ethyl adjacent to an activating group) is 1. The number of allylic oxidation sites excluding steroid dienone is 1. The van der Waals surface area contributed by atoms with E-state index in [1.165, 1.54) is 19.3 Å². The molecule has 6 heteroatoms. The Morgan fingerprint density at radius 3 is 2.80 bits per heavy atom. The van der Waals surface area contributed by atoms with Gasteiger partial charge in [-0.15, -0.1) is 0 Å². The molecule has 1 aromatic carbocycles. The van der Waals surface area contributed by atoms with E-state index in [0.717, 1.165) is 12.8 Å². The largest absolute Gasteiger partial charge is 0.509 e. The Morgan fingerprint density at radius 1 is 1.36 bits per heavy atom. The molecule has 0 spiro atoms. The molecule has 1 aliphatic rings. The second-order valence-corrected chi connectivity index (χ2v) is 6.57. The highest BCUT2D eigenvalue weighted by molar-refractivity contribution is 5.81. The number of aliphatic hydroxyl groups excluding tert-OH is 1. The highest BCUT2D eigenvalue weighted by Gasteiger charge is 2.21. The molecule has 0 radical (unpaired) electrons. The lowest BCUT2D eigenvalue weighted by Crippen LogP contribution is -2.35. The third kappa shape index (κ3) is 3.72. The topological polar surface area (TPSA) is 93.0 Å². The van der Waals surface area contributed by atoms with Crippen LogP contribution in [-0.2, 0) is 0 Å². The van der Waals surface area contributed by atoms with E-state index >= 15 is 0 Å². The molecule has 1 fully saturated rings. The van der Waals surface area contributed by atoms with Crippen LogP contribution in [0, 0.1) is 11.3 Å². The fourth-order valence-corrected chi connectivity index (χ4v) is 3.43. The summed E-state index contributed by atoms with van der Waals surface area (Å²) < 4.78 is 0. The van der Waals surface area contributed by atoms with E-state index in [4.69, 9.17) is 0 Å². The zero-order valence-corrected chi connectivity index (χ0v) is 14.3. The molecule has 0 unspecified atom stereocenters. The van der Waals surface area contributed by atoms with E-state index in [0.29, 0.717) is 16.9 Å². The lowest BCUT2D eigenvalue weighted by Gasteiger charge is -2.30. The van der Waals surface area contributed by atoms with E-state index in [1.54, 1.807) is 24.3 Å². The van der Waals surface area contributed by atoms with Crippen LogP contribution in [0.2, 0.25) is 0 Å². The fraction of sp³-hybridized carbons (Fsp3) is 0.421. The Morgan fingerprint density at radius 2 is 2.08 bits per heavy atom. The maximum absolute atomic E-state index is 12.2. The second-order valence-electron chi connectivity index (χ2n) is 6.57. The van der Waals surface area contributed by atoms with Crippen LogP contribution in [0.1, 0.15) is 37.9 Å². The Balaban J connectivity index is 1.91. The lowest BCUT2D eigenvalue weighted by atomic mass is 9.94. The number of para-hydroxylation sites is 1. The number of fused-ring (bicyclic) bond motifs is 1. The maximum Gasteiger partial charge on any atom is 0.259 e. The number of aromatic amines is 1. The third-order valence-electron chi connectivity index (χ3n) is 4.85. The first kappa shape index (κ1) is 17.2. The van der Waals surface area contributed by atoms with Gasteiger partial charge in [0.05, 0.1) is 17.4 Å². The minimum atomic E-state index is -0.318. The number of nitriles is 1. The summed E-state index contributed by atoms with van der Waals surface area (Å²) in [7, 11) is 1.96. The van der Waals surface area contributed by atoms with Crippen LogP contribution in [0.4, 0.5) is 0 Å². The van der Waals surface area contributed by atoms with Gasteiger partial charge in [-0.2, -0.15) is 5.26 Å². The first-order valence-corrected chi connectivity index (χ1v) is 8.62. The maximum atomic E-state index is 12.2. The van der Waals surface area contributed by atoms with Gasteiger partial charge < -0.3 is 10.1 Å². The van der Waals surface area contributed by atoms with Gasteiger partial charge in [-0.25, -0.2) is 4.98 Å². The molecular formula is C19H22N4O2.